The number of nitrogens with zero attached hydrogens (tertiary/aromatic N) is 1. The topological polar surface area (TPSA) is 72.6 Å². The maximum absolute atomic E-state index is 11.4. The minimum Gasteiger partial charge on any atom is -0.484 e. The van der Waals surface area contributed by atoms with Crippen LogP contribution in [0.15, 0.2) is 47.0 Å². The number of aryl methyl sites for hydroxylation is 1. The molecule has 0 aliphatic rings. The largest absolute Gasteiger partial charge is 0.484 e. The number of carbonyl (C=O) groups is 1. The van der Waals surface area contributed by atoms with Crippen molar-refractivity contribution in [2.24, 2.45) is 0 Å². The minimum absolute atomic E-state index is 0.0445. The van der Waals surface area contributed by atoms with Crippen LogP contribution in [0.1, 0.15) is 21.8 Å². The number of carboxylic acid groups (broad SMARTS) is 1. The Hall–Kier alpha value is -2.82. The Morgan fingerprint density at radius 3 is 2.86 bits per heavy atom. The van der Waals surface area contributed by atoms with Crippen molar-refractivity contribution in [3.63, 3.8) is 0 Å². The molecule has 0 fully saturated rings. The molecule has 0 bridgehead atoms. The fourth-order valence-electron chi connectivity index (χ4n) is 2.20. The van der Waals surface area contributed by atoms with Crippen LogP contribution in [-0.4, -0.2) is 16.1 Å². The number of pyridine rings is 1. The Labute approximate surface area is 120 Å². The lowest BCUT2D eigenvalue weighted by molar-refractivity contribution is 0.0693. The van der Waals surface area contributed by atoms with Crippen LogP contribution in [0.2, 0.25) is 0 Å². The second-order valence-electron chi connectivity index (χ2n) is 4.58. The van der Waals surface area contributed by atoms with Crippen molar-refractivity contribution >= 4 is 16.9 Å². The zero-order chi connectivity index (χ0) is 14.8. The maximum Gasteiger partial charge on any atom is 0.340 e. The standard InChI is InChI=1S/C16H13NO4/c1-10-12(7-4-8-17-10)20-9-14-15(16(18)19)11-5-2-3-6-13(11)21-14/h2-8H,9H2,1H3,(H,18,19). The Morgan fingerprint density at radius 2 is 2.10 bits per heavy atom. The third-order valence-electron chi connectivity index (χ3n) is 3.20. The molecule has 2 heterocycles. The van der Waals surface area contributed by atoms with E-state index in [0.717, 1.165) is 5.69 Å². The van der Waals surface area contributed by atoms with E-state index in [1.165, 1.54) is 0 Å². The molecule has 0 saturated carbocycles. The highest BCUT2D eigenvalue weighted by Crippen LogP contribution is 2.27. The van der Waals surface area contributed by atoms with E-state index in [1.54, 1.807) is 42.6 Å². The van der Waals surface area contributed by atoms with Crippen LogP contribution in [0.5, 0.6) is 5.75 Å². The fourth-order valence-corrected chi connectivity index (χ4v) is 2.20. The van der Waals surface area contributed by atoms with Gasteiger partial charge in [0.15, 0.2) is 5.76 Å². The van der Waals surface area contributed by atoms with E-state index in [1.807, 2.05) is 6.92 Å². The molecule has 0 unspecified atom stereocenters. The highest BCUT2D eigenvalue weighted by molar-refractivity contribution is 6.03. The number of rotatable bonds is 4. The Kier molecular flexibility index (Phi) is 3.31. The van der Waals surface area contributed by atoms with Gasteiger partial charge in [-0.15, -0.1) is 0 Å². The van der Waals surface area contributed by atoms with Crippen LogP contribution in [0.4, 0.5) is 0 Å². The van der Waals surface area contributed by atoms with Gasteiger partial charge < -0.3 is 14.3 Å². The van der Waals surface area contributed by atoms with Crippen molar-refractivity contribution in [1.29, 1.82) is 0 Å². The van der Waals surface area contributed by atoms with Crippen LogP contribution in [-0.2, 0) is 6.61 Å². The summed E-state index contributed by atoms with van der Waals surface area (Å²) >= 11 is 0. The molecule has 3 aromatic rings. The Balaban J connectivity index is 1.95. The van der Waals surface area contributed by atoms with Crippen molar-refractivity contribution in [3.05, 3.63) is 59.6 Å². The maximum atomic E-state index is 11.4. The van der Waals surface area contributed by atoms with E-state index in [0.29, 0.717) is 22.5 Å². The third kappa shape index (κ3) is 2.45. The zero-order valence-corrected chi connectivity index (χ0v) is 11.4. The van der Waals surface area contributed by atoms with Gasteiger partial charge in [-0.2, -0.15) is 0 Å². The van der Waals surface area contributed by atoms with Gasteiger partial charge in [0.05, 0.1) is 5.69 Å². The van der Waals surface area contributed by atoms with Crippen molar-refractivity contribution < 1.29 is 19.1 Å². The number of furan rings is 1. The normalized spacial score (nSPS) is 10.7. The lowest BCUT2D eigenvalue weighted by Gasteiger charge is -2.06. The molecule has 2 aromatic heterocycles. The number of fused-ring (bicyclic) bond motifs is 1. The first-order chi connectivity index (χ1) is 10.2. The number of hydrogen-bond donors (Lipinski definition) is 1. The van der Waals surface area contributed by atoms with Gasteiger partial charge in [-0.3, -0.25) is 4.98 Å². The fraction of sp³-hybridized carbons (Fsp3) is 0.125. The molecule has 1 aromatic carbocycles. The molecule has 0 amide bonds. The predicted octanol–water partition coefficient (Wildman–Crippen LogP) is 3.41. The average Bonchev–Trinajstić information content (AvgIpc) is 2.85. The van der Waals surface area contributed by atoms with Gasteiger partial charge >= 0.3 is 5.97 Å². The first-order valence-corrected chi connectivity index (χ1v) is 6.45. The number of benzene rings is 1. The second-order valence-corrected chi connectivity index (χ2v) is 4.58. The summed E-state index contributed by atoms with van der Waals surface area (Å²) in [6, 6.07) is 10.6. The summed E-state index contributed by atoms with van der Waals surface area (Å²) in [6.45, 7) is 1.87. The molecule has 0 saturated heterocycles. The summed E-state index contributed by atoms with van der Waals surface area (Å²) in [4.78, 5) is 15.6. The summed E-state index contributed by atoms with van der Waals surface area (Å²) in [5.74, 6) is -0.122. The lowest BCUT2D eigenvalue weighted by Crippen LogP contribution is -2.04. The number of carboxylic acids is 1. The number of aromatic carboxylic acids is 1. The lowest BCUT2D eigenvalue weighted by atomic mass is 10.1. The Morgan fingerprint density at radius 1 is 1.29 bits per heavy atom. The molecule has 0 aliphatic carbocycles. The van der Waals surface area contributed by atoms with E-state index in [2.05, 4.69) is 4.98 Å². The van der Waals surface area contributed by atoms with Crippen LogP contribution in [0.25, 0.3) is 11.0 Å². The molecule has 1 N–H and O–H groups in total. The SMILES string of the molecule is Cc1ncccc1OCc1oc2ccccc2c1C(=O)O. The van der Waals surface area contributed by atoms with Gasteiger partial charge in [0.25, 0.3) is 0 Å². The highest BCUT2D eigenvalue weighted by Gasteiger charge is 2.20. The monoisotopic (exact) mass is 283 g/mol. The number of para-hydroxylation sites is 1. The van der Waals surface area contributed by atoms with Gasteiger partial charge in [-0.25, -0.2) is 4.79 Å². The van der Waals surface area contributed by atoms with Crippen LogP contribution >= 0.6 is 0 Å². The molecule has 5 nitrogen and oxygen atoms in total. The summed E-state index contributed by atoms with van der Waals surface area (Å²) in [5.41, 5.74) is 1.43. The molecule has 3 rings (SSSR count). The second kappa shape index (κ2) is 5.28. The molecule has 5 heteroatoms. The summed E-state index contributed by atoms with van der Waals surface area (Å²) in [7, 11) is 0. The third-order valence-corrected chi connectivity index (χ3v) is 3.20. The van der Waals surface area contributed by atoms with Crippen LogP contribution < -0.4 is 4.74 Å². The quantitative estimate of drug-likeness (QED) is 0.794. The molecule has 0 spiro atoms. The number of ether oxygens (including phenoxy) is 1. The smallest absolute Gasteiger partial charge is 0.340 e. The van der Waals surface area contributed by atoms with Gasteiger partial charge in [0.1, 0.15) is 23.5 Å². The van der Waals surface area contributed by atoms with Crippen molar-refractivity contribution in [2.75, 3.05) is 0 Å². The van der Waals surface area contributed by atoms with Gasteiger partial charge in [-0.1, -0.05) is 18.2 Å². The van der Waals surface area contributed by atoms with Crippen molar-refractivity contribution in [2.45, 2.75) is 13.5 Å². The van der Waals surface area contributed by atoms with Crippen LogP contribution in [0.3, 0.4) is 0 Å². The summed E-state index contributed by atoms with van der Waals surface area (Å²) in [5, 5.41) is 9.95. The molecule has 106 valence electrons. The average molecular weight is 283 g/mol. The van der Waals surface area contributed by atoms with Crippen LogP contribution in [0, 0.1) is 6.92 Å². The van der Waals surface area contributed by atoms with E-state index in [-0.39, 0.29) is 12.2 Å². The van der Waals surface area contributed by atoms with E-state index < -0.39 is 5.97 Å². The number of aromatic nitrogens is 1. The van der Waals surface area contributed by atoms with E-state index >= 15 is 0 Å². The number of hydrogen-bond acceptors (Lipinski definition) is 4. The Bertz CT molecular complexity index is 807. The van der Waals surface area contributed by atoms with E-state index in [9.17, 15) is 9.90 Å². The molecule has 0 aliphatic heterocycles. The summed E-state index contributed by atoms with van der Waals surface area (Å²) in [6.07, 6.45) is 1.67. The van der Waals surface area contributed by atoms with Crippen molar-refractivity contribution in [3.8, 4) is 5.75 Å². The van der Waals surface area contributed by atoms with E-state index in [4.69, 9.17) is 9.15 Å². The van der Waals surface area contributed by atoms with Gasteiger partial charge in [0, 0.05) is 11.6 Å². The molecule has 21 heavy (non-hydrogen) atoms. The summed E-state index contributed by atoms with van der Waals surface area (Å²) < 4.78 is 11.2. The minimum atomic E-state index is -1.03. The first kappa shape index (κ1) is 13.2. The zero-order valence-electron chi connectivity index (χ0n) is 11.4. The van der Waals surface area contributed by atoms with Crippen molar-refractivity contribution in [1.82, 2.24) is 4.98 Å². The molecular formula is C16H13NO4. The molecular weight excluding hydrogens is 270 g/mol. The van der Waals surface area contributed by atoms with Gasteiger partial charge in [-0.05, 0) is 25.1 Å². The predicted molar refractivity (Wildman–Crippen MR) is 76.5 cm³/mol. The highest BCUT2D eigenvalue weighted by atomic mass is 16.5. The first-order valence-electron chi connectivity index (χ1n) is 6.45. The molecule has 0 atom stereocenters. The van der Waals surface area contributed by atoms with Gasteiger partial charge in [0.2, 0.25) is 0 Å². The molecule has 0 radical (unpaired) electrons.